The first kappa shape index (κ1) is 12.0. The normalized spacial score (nSPS) is 24.9. The Morgan fingerprint density at radius 2 is 2.40 bits per heavy atom. The van der Waals surface area contributed by atoms with E-state index in [4.69, 9.17) is 11.1 Å². The molecule has 1 aliphatic rings. The first-order chi connectivity index (χ1) is 6.94. The van der Waals surface area contributed by atoms with Gasteiger partial charge in [-0.05, 0) is 6.92 Å². The summed E-state index contributed by atoms with van der Waals surface area (Å²) in [5, 5.41) is 7.41. The Bertz CT molecular complexity index is 378. The Hall–Kier alpha value is -1.03. The first-order valence-electron chi connectivity index (χ1n) is 4.57. The Labute approximate surface area is 99.5 Å². The molecule has 4 heteroatoms. The van der Waals surface area contributed by atoms with Gasteiger partial charge in [0.2, 0.25) is 0 Å². The number of rotatable bonds is 3. The van der Waals surface area contributed by atoms with E-state index in [1.165, 1.54) is 0 Å². The van der Waals surface area contributed by atoms with Crippen LogP contribution < -0.4 is 5.73 Å². The zero-order valence-electron chi connectivity index (χ0n) is 8.63. The van der Waals surface area contributed by atoms with E-state index < -0.39 is 0 Å². The monoisotopic (exact) mass is 263 g/mol. The number of halogens is 1. The minimum Gasteiger partial charge on any atom is -0.384 e. The molecule has 0 amide bonds. The van der Waals surface area contributed by atoms with Crippen molar-refractivity contribution in [2.45, 2.75) is 11.2 Å². The molecule has 77 valence electrons. The molecule has 1 radical (unpaired) electrons. The van der Waals surface area contributed by atoms with E-state index >= 15 is 0 Å². The fourth-order valence-corrected chi connectivity index (χ4v) is 1.69. The van der Waals surface area contributed by atoms with Crippen molar-refractivity contribution < 1.29 is 0 Å². The van der Waals surface area contributed by atoms with Crippen LogP contribution in [0.5, 0.6) is 0 Å². The standard InChI is InChI=1S/C11H13BBrN2/c1-3-12-9-6-8(10(14)15)4-5-11(2,13)7-9/h3-7H,1H2,2H3,(H3,14,15). The highest BCUT2D eigenvalue weighted by Gasteiger charge is 2.16. The van der Waals surface area contributed by atoms with E-state index in [1.54, 1.807) is 5.98 Å². The smallest absolute Gasteiger partial charge is 0.180 e. The van der Waals surface area contributed by atoms with Crippen LogP contribution in [0.1, 0.15) is 6.92 Å². The van der Waals surface area contributed by atoms with Crippen LogP contribution in [0.3, 0.4) is 0 Å². The van der Waals surface area contributed by atoms with E-state index in [0.717, 1.165) is 5.47 Å². The minimum atomic E-state index is -0.213. The van der Waals surface area contributed by atoms with Crippen LogP contribution in [0.25, 0.3) is 0 Å². The zero-order valence-corrected chi connectivity index (χ0v) is 10.2. The molecule has 0 fully saturated rings. The average Bonchev–Trinajstić information content (AvgIpc) is 2.24. The van der Waals surface area contributed by atoms with Gasteiger partial charge >= 0.3 is 0 Å². The molecule has 3 N–H and O–H groups in total. The van der Waals surface area contributed by atoms with E-state index in [2.05, 4.69) is 22.5 Å². The van der Waals surface area contributed by atoms with Crippen LogP contribution in [0.4, 0.5) is 0 Å². The van der Waals surface area contributed by atoms with E-state index in [9.17, 15) is 0 Å². The molecular weight excluding hydrogens is 251 g/mol. The summed E-state index contributed by atoms with van der Waals surface area (Å²) in [7, 11) is 1.88. The number of nitrogens with one attached hydrogen (secondary N) is 1. The van der Waals surface area contributed by atoms with Gasteiger partial charge in [0.05, 0.1) is 4.32 Å². The molecular formula is C11H13BBrN2. The van der Waals surface area contributed by atoms with Crippen molar-refractivity contribution in [3.8, 4) is 0 Å². The highest BCUT2D eigenvalue weighted by atomic mass is 79.9. The van der Waals surface area contributed by atoms with Crippen LogP contribution in [0.15, 0.2) is 47.9 Å². The summed E-state index contributed by atoms with van der Waals surface area (Å²) in [5.41, 5.74) is 7.16. The lowest BCUT2D eigenvalue weighted by molar-refractivity contribution is 1.03. The molecule has 0 aliphatic heterocycles. The summed E-state index contributed by atoms with van der Waals surface area (Å²) in [6.07, 6.45) is 7.72. The van der Waals surface area contributed by atoms with E-state index in [0.29, 0.717) is 5.57 Å². The van der Waals surface area contributed by atoms with Crippen molar-refractivity contribution in [1.29, 1.82) is 5.41 Å². The third-order valence-electron chi connectivity index (χ3n) is 1.98. The third kappa shape index (κ3) is 3.55. The Kier molecular flexibility index (Phi) is 3.74. The van der Waals surface area contributed by atoms with E-state index in [1.807, 2.05) is 38.5 Å². The highest BCUT2D eigenvalue weighted by molar-refractivity contribution is 9.10. The van der Waals surface area contributed by atoms with Gasteiger partial charge in [-0.3, -0.25) is 5.41 Å². The van der Waals surface area contributed by atoms with Gasteiger partial charge in [0.1, 0.15) is 5.84 Å². The van der Waals surface area contributed by atoms with Crippen LogP contribution >= 0.6 is 15.9 Å². The molecule has 1 unspecified atom stereocenters. The molecule has 0 aromatic rings. The molecule has 0 aromatic carbocycles. The first-order valence-corrected chi connectivity index (χ1v) is 5.37. The second-order valence-corrected chi connectivity index (χ2v) is 5.25. The van der Waals surface area contributed by atoms with Crippen LogP contribution in [0.2, 0.25) is 0 Å². The largest absolute Gasteiger partial charge is 0.384 e. The third-order valence-corrected chi connectivity index (χ3v) is 2.47. The molecule has 0 heterocycles. The molecule has 0 spiro atoms. The Morgan fingerprint density at radius 3 is 2.93 bits per heavy atom. The number of alkyl halides is 1. The van der Waals surface area contributed by atoms with Gasteiger partial charge in [0.15, 0.2) is 7.28 Å². The molecule has 0 aromatic heterocycles. The second kappa shape index (κ2) is 4.66. The van der Waals surface area contributed by atoms with Gasteiger partial charge in [0, 0.05) is 5.57 Å². The molecule has 1 rings (SSSR count). The number of hydrogen-bond donors (Lipinski definition) is 2. The van der Waals surface area contributed by atoms with Gasteiger partial charge in [-0.15, -0.1) is 12.6 Å². The summed E-state index contributed by atoms with van der Waals surface area (Å²) in [6, 6.07) is 0. The van der Waals surface area contributed by atoms with Gasteiger partial charge in [-0.2, -0.15) is 0 Å². The summed E-state index contributed by atoms with van der Waals surface area (Å²) in [4.78, 5) is 0. The fraction of sp³-hybridized carbons (Fsp3) is 0.182. The predicted octanol–water partition coefficient (Wildman–Crippen LogP) is 2.30. The lowest BCUT2D eigenvalue weighted by atomic mass is 9.68. The zero-order chi connectivity index (χ0) is 11.5. The summed E-state index contributed by atoms with van der Waals surface area (Å²) in [6.45, 7) is 5.68. The fourth-order valence-electron chi connectivity index (χ4n) is 1.30. The number of allylic oxidation sites excluding steroid dienone is 4. The maximum absolute atomic E-state index is 7.41. The predicted molar refractivity (Wildman–Crippen MR) is 70.5 cm³/mol. The lowest BCUT2D eigenvalue weighted by Gasteiger charge is -2.12. The van der Waals surface area contributed by atoms with Gasteiger partial charge in [0.25, 0.3) is 0 Å². The average molecular weight is 264 g/mol. The van der Waals surface area contributed by atoms with Crippen molar-refractivity contribution >= 4 is 29.0 Å². The Morgan fingerprint density at radius 1 is 1.73 bits per heavy atom. The maximum atomic E-state index is 7.41. The summed E-state index contributed by atoms with van der Waals surface area (Å²) >= 11 is 3.57. The van der Waals surface area contributed by atoms with Gasteiger partial charge in [-0.25, -0.2) is 0 Å². The van der Waals surface area contributed by atoms with E-state index in [-0.39, 0.29) is 10.2 Å². The molecule has 0 bridgehead atoms. The van der Waals surface area contributed by atoms with Crippen molar-refractivity contribution in [1.82, 2.24) is 0 Å². The topological polar surface area (TPSA) is 49.9 Å². The molecule has 0 saturated carbocycles. The van der Waals surface area contributed by atoms with Gasteiger partial charge in [-0.1, -0.05) is 45.7 Å². The SMILES string of the molecule is C=C[B]C1=CC(C)(Br)C=CC(C(=N)N)=C1. The van der Waals surface area contributed by atoms with Crippen molar-refractivity contribution in [2.24, 2.45) is 5.73 Å². The quantitative estimate of drug-likeness (QED) is 0.349. The Balaban J connectivity index is 3.11. The molecule has 15 heavy (non-hydrogen) atoms. The number of amidine groups is 1. The maximum Gasteiger partial charge on any atom is 0.180 e. The molecule has 0 saturated heterocycles. The van der Waals surface area contributed by atoms with Gasteiger partial charge < -0.3 is 5.73 Å². The van der Waals surface area contributed by atoms with Crippen molar-refractivity contribution in [2.75, 3.05) is 0 Å². The summed E-state index contributed by atoms with van der Waals surface area (Å²) in [5.74, 6) is 1.79. The van der Waals surface area contributed by atoms with Crippen LogP contribution in [0, 0.1) is 5.41 Å². The number of hydrogen-bond acceptors (Lipinski definition) is 1. The van der Waals surface area contributed by atoms with Crippen molar-refractivity contribution in [3.63, 3.8) is 0 Å². The molecule has 1 aliphatic carbocycles. The molecule has 2 nitrogen and oxygen atoms in total. The highest BCUT2D eigenvalue weighted by Crippen LogP contribution is 2.26. The minimum absolute atomic E-state index is 0.0693. The second-order valence-electron chi connectivity index (χ2n) is 3.54. The summed E-state index contributed by atoms with van der Waals surface area (Å²) < 4.78 is -0.213. The number of nitrogens with two attached hydrogens (primary N) is 1. The molecule has 1 atom stereocenters. The van der Waals surface area contributed by atoms with Crippen LogP contribution in [-0.2, 0) is 0 Å². The van der Waals surface area contributed by atoms with Crippen LogP contribution in [-0.4, -0.2) is 17.4 Å². The lowest BCUT2D eigenvalue weighted by Crippen LogP contribution is -2.11. The van der Waals surface area contributed by atoms with Crippen molar-refractivity contribution in [3.05, 3.63) is 47.9 Å².